The van der Waals surface area contributed by atoms with Gasteiger partial charge in [0.1, 0.15) is 11.5 Å². The quantitative estimate of drug-likeness (QED) is 0.327. The van der Waals surface area contributed by atoms with E-state index in [1.165, 1.54) is 0 Å². The number of carbonyl (C=O) groups excluding carboxylic acids is 1. The molecule has 2 aromatic rings. The van der Waals surface area contributed by atoms with Gasteiger partial charge in [-0.1, -0.05) is 0 Å². The zero-order chi connectivity index (χ0) is 19.6. The molecule has 0 saturated carbocycles. The van der Waals surface area contributed by atoms with Gasteiger partial charge < -0.3 is 19.5 Å². The monoisotopic (exact) mass is 387 g/mol. The number of rotatable bonds is 7. The van der Waals surface area contributed by atoms with E-state index in [2.05, 4.69) is 15.8 Å². The third-order valence-electron chi connectivity index (χ3n) is 3.46. The van der Waals surface area contributed by atoms with Crippen LogP contribution in [-0.4, -0.2) is 38.1 Å². The number of methoxy groups -OCH3 is 2. The van der Waals surface area contributed by atoms with Crippen molar-refractivity contribution in [2.24, 2.45) is 5.10 Å². The highest BCUT2D eigenvalue weighted by Gasteiger charge is 2.06. The average Bonchev–Trinajstić information content (AvgIpc) is 2.68. The van der Waals surface area contributed by atoms with E-state index in [-0.39, 0.29) is 5.97 Å². The molecule has 0 unspecified atom stereocenters. The number of hydrogen-bond donors (Lipinski definition) is 2. The topological polar surface area (TPSA) is 81.2 Å². The van der Waals surface area contributed by atoms with Gasteiger partial charge in [-0.3, -0.25) is 5.43 Å². The van der Waals surface area contributed by atoms with Crippen molar-refractivity contribution in [2.45, 2.75) is 6.92 Å². The van der Waals surface area contributed by atoms with Gasteiger partial charge in [0.05, 0.1) is 32.6 Å². The van der Waals surface area contributed by atoms with Crippen LogP contribution in [0.2, 0.25) is 0 Å². The lowest BCUT2D eigenvalue weighted by Crippen LogP contribution is -2.23. The first-order valence-electron chi connectivity index (χ1n) is 8.16. The molecule has 0 aliphatic carbocycles. The van der Waals surface area contributed by atoms with Crippen LogP contribution in [0.4, 0.5) is 5.69 Å². The minimum absolute atomic E-state index is 0.303. The van der Waals surface area contributed by atoms with Crippen LogP contribution in [0, 0.1) is 0 Å². The fraction of sp³-hybridized carbons (Fsp3) is 0.211. The summed E-state index contributed by atoms with van der Waals surface area (Å²) in [5, 5.41) is 7.38. The van der Waals surface area contributed by atoms with Gasteiger partial charge in [0.2, 0.25) is 0 Å². The zero-order valence-electron chi connectivity index (χ0n) is 15.3. The third kappa shape index (κ3) is 5.96. The van der Waals surface area contributed by atoms with E-state index in [4.69, 9.17) is 26.4 Å². The van der Waals surface area contributed by atoms with Crippen LogP contribution in [0.5, 0.6) is 11.5 Å². The van der Waals surface area contributed by atoms with Crippen molar-refractivity contribution < 1.29 is 19.0 Å². The van der Waals surface area contributed by atoms with Gasteiger partial charge in [-0.15, -0.1) is 0 Å². The summed E-state index contributed by atoms with van der Waals surface area (Å²) in [6.07, 6.45) is 1.58. The normalized spacial score (nSPS) is 10.3. The highest BCUT2D eigenvalue weighted by molar-refractivity contribution is 7.80. The van der Waals surface area contributed by atoms with Crippen LogP contribution in [0.1, 0.15) is 22.8 Å². The molecule has 2 N–H and O–H groups in total. The Morgan fingerprint density at radius 3 is 2.52 bits per heavy atom. The highest BCUT2D eigenvalue weighted by atomic mass is 32.1. The van der Waals surface area contributed by atoms with Crippen molar-refractivity contribution in [3.63, 3.8) is 0 Å². The molecule has 0 atom stereocenters. The highest BCUT2D eigenvalue weighted by Crippen LogP contribution is 2.22. The number of esters is 1. The number of nitrogens with one attached hydrogen (secondary N) is 2. The second-order valence-electron chi connectivity index (χ2n) is 5.23. The number of thiocarbonyl (C=S) groups is 1. The van der Waals surface area contributed by atoms with E-state index in [1.54, 1.807) is 69.8 Å². The summed E-state index contributed by atoms with van der Waals surface area (Å²) < 4.78 is 15.4. The molecule has 8 heteroatoms. The fourth-order valence-electron chi connectivity index (χ4n) is 2.16. The SMILES string of the molecule is CCOC(=O)c1ccc(NC(=S)NN=Cc2cc(OC)ccc2OC)cc1. The molecular formula is C19H21N3O4S. The van der Waals surface area contributed by atoms with Crippen molar-refractivity contribution in [1.29, 1.82) is 0 Å². The van der Waals surface area contributed by atoms with E-state index in [0.29, 0.717) is 28.8 Å². The average molecular weight is 387 g/mol. The molecule has 0 saturated heterocycles. The second kappa shape index (κ2) is 10.1. The predicted molar refractivity (Wildman–Crippen MR) is 109 cm³/mol. The number of anilines is 1. The van der Waals surface area contributed by atoms with Gasteiger partial charge in [0.25, 0.3) is 0 Å². The Labute approximate surface area is 163 Å². The molecule has 2 aromatic carbocycles. The summed E-state index contributed by atoms with van der Waals surface area (Å²) in [7, 11) is 3.17. The first-order valence-corrected chi connectivity index (χ1v) is 8.57. The Morgan fingerprint density at radius 1 is 1.15 bits per heavy atom. The summed E-state index contributed by atoms with van der Waals surface area (Å²) >= 11 is 5.20. The number of carbonyl (C=O) groups is 1. The van der Waals surface area contributed by atoms with Crippen molar-refractivity contribution in [2.75, 3.05) is 26.1 Å². The molecule has 27 heavy (non-hydrogen) atoms. The minimum atomic E-state index is -0.360. The molecule has 0 amide bonds. The van der Waals surface area contributed by atoms with Crippen LogP contribution in [0.25, 0.3) is 0 Å². The first kappa shape index (κ1) is 20.2. The maximum absolute atomic E-state index is 11.6. The van der Waals surface area contributed by atoms with Crippen molar-refractivity contribution in [1.82, 2.24) is 5.43 Å². The predicted octanol–water partition coefficient (Wildman–Crippen LogP) is 3.20. The summed E-state index contributed by atoms with van der Waals surface area (Å²) in [5.74, 6) is 0.996. The lowest BCUT2D eigenvalue weighted by Gasteiger charge is -2.09. The Bertz CT molecular complexity index is 822. The number of ether oxygens (including phenoxy) is 3. The second-order valence-corrected chi connectivity index (χ2v) is 5.64. The molecule has 0 spiro atoms. The molecule has 0 aromatic heterocycles. The van der Waals surface area contributed by atoms with Gasteiger partial charge in [-0.05, 0) is 61.6 Å². The standard InChI is InChI=1S/C19H21N3O4S/c1-4-26-18(23)13-5-7-15(8-6-13)21-19(27)22-20-12-14-11-16(24-2)9-10-17(14)25-3/h5-12H,4H2,1-3H3,(H2,21,22,27). The third-order valence-corrected chi connectivity index (χ3v) is 3.65. The van der Waals surface area contributed by atoms with Crippen LogP contribution >= 0.6 is 12.2 Å². The van der Waals surface area contributed by atoms with Crippen LogP contribution in [0.15, 0.2) is 47.6 Å². The Morgan fingerprint density at radius 2 is 1.89 bits per heavy atom. The van der Waals surface area contributed by atoms with Gasteiger partial charge in [0.15, 0.2) is 5.11 Å². The van der Waals surface area contributed by atoms with Gasteiger partial charge in [0, 0.05) is 11.3 Å². The summed E-state index contributed by atoms with van der Waals surface area (Å²) in [5.41, 5.74) is 4.66. The lowest BCUT2D eigenvalue weighted by molar-refractivity contribution is 0.0526. The number of hydrazone groups is 1. The number of benzene rings is 2. The van der Waals surface area contributed by atoms with Crippen LogP contribution in [0.3, 0.4) is 0 Å². The van der Waals surface area contributed by atoms with Crippen molar-refractivity contribution in [3.05, 3.63) is 53.6 Å². The van der Waals surface area contributed by atoms with Crippen LogP contribution in [-0.2, 0) is 4.74 Å². The van der Waals surface area contributed by atoms with E-state index >= 15 is 0 Å². The molecule has 0 radical (unpaired) electrons. The van der Waals surface area contributed by atoms with Crippen LogP contribution < -0.4 is 20.2 Å². The molecular weight excluding hydrogens is 366 g/mol. The largest absolute Gasteiger partial charge is 0.497 e. The Hall–Kier alpha value is -3.13. The molecule has 0 aliphatic heterocycles. The molecule has 7 nitrogen and oxygen atoms in total. The maximum Gasteiger partial charge on any atom is 0.338 e. The molecule has 0 aliphatic rings. The summed E-state index contributed by atoms with van der Waals surface area (Å²) in [4.78, 5) is 11.6. The lowest BCUT2D eigenvalue weighted by atomic mass is 10.2. The molecule has 0 heterocycles. The number of nitrogens with zero attached hydrogens (tertiary/aromatic N) is 1. The fourth-order valence-corrected chi connectivity index (χ4v) is 2.33. The number of hydrogen-bond acceptors (Lipinski definition) is 6. The summed E-state index contributed by atoms with van der Waals surface area (Å²) in [6, 6.07) is 12.2. The molecule has 0 fully saturated rings. The van der Waals surface area contributed by atoms with Crippen molar-refractivity contribution >= 4 is 35.2 Å². The van der Waals surface area contributed by atoms with Gasteiger partial charge >= 0.3 is 5.97 Å². The molecule has 2 rings (SSSR count). The van der Waals surface area contributed by atoms with E-state index < -0.39 is 0 Å². The van der Waals surface area contributed by atoms with Gasteiger partial charge in [-0.2, -0.15) is 5.10 Å². The Balaban J connectivity index is 1.94. The van der Waals surface area contributed by atoms with E-state index in [1.807, 2.05) is 0 Å². The smallest absolute Gasteiger partial charge is 0.338 e. The molecule has 0 bridgehead atoms. The maximum atomic E-state index is 11.6. The van der Waals surface area contributed by atoms with E-state index in [9.17, 15) is 4.79 Å². The summed E-state index contributed by atoms with van der Waals surface area (Å²) in [6.45, 7) is 2.10. The van der Waals surface area contributed by atoms with E-state index in [0.717, 1.165) is 11.3 Å². The van der Waals surface area contributed by atoms with Gasteiger partial charge in [-0.25, -0.2) is 4.79 Å². The zero-order valence-corrected chi connectivity index (χ0v) is 16.1. The first-order chi connectivity index (χ1) is 13.1. The van der Waals surface area contributed by atoms with Crippen molar-refractivity contribution in [3.8, 4) is 11.5 Å². The Kier molecular flexibility index (Phi) is 7.57. The molecule has 142 valence electrons. The minimum Gasteiger partial charge on any atom is -0.497 e.